The Labute approximate surface area is 355 Å². The highest BCUT2D eigenvalue weighted by molar-refractivity contribution is 6.05. The van der Waals surface area contributed by atoms with E-state index in [2.05, 4.69) is 66.2 Å². The zero-order valence-corrected chi connectivity index (χ0v) is 35.6. The van der Waals surface area contributed by atoms with Crippen molar-refractivity contribution >= 4 is 46.1 Å². The first-order valence-electron chi connectivity index (χ1n) is 22.1. The van der Waals surface area contributed by atoms with Crippen LogP contribution in [0, 0.1) is 25.7 Å². The number of rotatable bonds is 4. The van der Waals surface area contributed by atoms with Crippen molar-refractivity contribution in [1.82, 2.24) is 39.5 Å². The van der Waals surface area contributed by atoms with Gasteiger partial charge in [0.2, 0.25) is 23.6 Å². The molecule has 15 heteroatoms. The summed E-state index contributed by atoms with van der Waals surface area (Å²) in [5, 5.41) is 10.1. The van der Waals surface area contributed by atoms with E-state index in [9.17, 15) is 14.4 Å². The monoisotopic (exact) mass is 825 g/mol. The Balaban J connectivity index is 0.837. The molecule has 0 spiro atoms. The minimum atomic E-state index is -0.371. The standard InChI is InChI=1S/C46H55N11O4/c1-27-19-32-21-39(48-27)36-23-47-53(4)45(36)61-26-31-6-5-30(20-31)25-57-41-22-34(7-9-38(41)50-46(57)52-43(32)59)55-17-18-56(28(2)24-55)33-13-15-54(16-14-33)40-11-10-37(49-29(40)3)35-8-12-42(58)51-44(35)60/h7,9-11,19,21-23,28,30-31,33,35H,5-6,8,12-18,20,24-26H2,1-4H3,(H,50,52,59)(H,51,58,60)/t28-,30-,31+,35-/m1/s1. The third kappa shape index (κ3) is 7.61. The van der Waals surface area contributed by atoms with Gasteiger partial charge >= 0.3 is 0 Å². The second-order valence-corrected chi connectivity index (χ2v) is 18.0. The maximum absolute atomic E-state index is 14.0. The number of imidazole rings is 1. The second-order valence-electron chi connectivity index (χ2n) is 18.0. The molecule has 318 valence electrons. The maximum atomic E-state index is 14.0. The quantitative estimate of drug-likeness (QED) is 0.218. The van der Waals surface area contributed by atoms with Gasteiger partial charge in [-0.2, -0.15) is 5.10 Å². The van der Waals surface area contributed by atoms with Crippen LogP contribution < -0.4 is 25.2 Å². The summed E-state index contributed by atoms with van der Waals surface area (Å²) >= 11 is 0. The molecule has 15 nitrogen and oxygen atoms in total. The number of hydrogen-bond donors (Lipinski definition) is 2. The number of fused-ring (bicyclic) bond motifs is 9. The molecule has 3 amide bonds. The van der Waals surface area contributed by atoms with E-state index in [0.29, 0.717) is 66.5 Å². The number of piperazine rings is 1. The van der Waals surface area contributed by atoms with Gasteiger partial charge < -0.3 is 19.1 Å². The summed E-state index contributed by atoms with van der Waals surface area (Å²) in [5.74, 6) is 1.06. The number of aryl methyl sites for hydroxylation is 3. The van der Waals surface area contributed by atoms with E-state index in [0.717, 1.165) is 111 Å². The Morgan fingerprint density at radius 1 is 0.820 bits per heavy atom. The van der Waals surface area contributed by atoms with Crippen molar-refractivity contribution in [2.45, 2.75) is 90.3 Å². The van der Waals surface area contributed by atoms with E-state index in [1.54, 1.807) is 10.9 Å². The summed E-state index contributed by atoms with van der Waals surface area (Å²) < 4.78 is 10.4. The summed E-state index contributed by atoms with van der Waals surface area (Å²) in [6.07, 6.45) is 8.00. The number of carbonyl (C=O) groups is 3. The average molecular weight is 826 g/mol. The fourth-order valence-electron chi connectivity index (χ4n) is 10.7. The number of nitrogens with one attached hydrogen (secondary N) is 2. The molecule has 4 fully saturated rings. The minimum absolute atomic E-state index is 0.206. The summed E-state index contributed by atoms with van der Waals surface area (Å²) in [6, 6.07) is 15.2. The number of nitrogens with zero attached hydrogens (tertiary/aromatic N) is 9. The average Bonchev–Trinajstić information content (AvgIpc) is 3.96. The fourth-order valence-corrected chi connectivity index (χ4v) is 10.7. The molecule has 0 radical (unpaired) electrons. The molecule has 2 N–H and O–H groups in total. The van der Waals surface area contributed by atoms with E-state index in [1.807, 2.05) is 39.1 Å². The van der Waals surface area contributed by atoms with Gasteiger partial charge in [0.1, 0.15) is 0 Å². The molecular formula is C46H55N11O4. The first-order valence-corrected chi connectivity index (χ1v) is 22.1. The Morgan fingerprint density at radius 2 is 1.66 bits per heavy atom. The van der Waals surface area contributed by atoms with E-state index in [4.69, 9.17) is 19.7 Å². The highest BCUT2D eigenvalue weighted by atomic mass is 16.5. The highest BCUT2D eigenvalue weighted by Crippen LogP contribution is 2.38. The van der Waals surface area contributed by atoms with E-state index in [-0.39, 0.29) is 23.6 Å². The van der Waals surface area contributed by atoms with Gasteiger partial charge in [0.05, 0.1) is 58.1 Å². The number of pyridine rings is 2. The maximum Gasteiger partial charge on any atom is 0.258 e. The Kier molecular flexibility index (Phi) is 10.2. The summed E-state index contributed by atoms with van der Waals surface area (Å²) in [5.41, 5.74) is 8.59. The van der Waals surface area contributed by atoms with Crippen LogP contribution >= 0.6 is 0 Å². The minimum Gasteiger partial charge on any atom is -0.477 e. The van der Waals surface area contributed by atoms with E-state index in [1.165, 1.54) is 5.69 Å². The van der Waals surface area contributed by atoms with E-state index >= 15 is 0 Å². The largest absolute Gasteiger partial charge is 0.477 e. The first-order chi connectivity index (χ1) is 29.5. The molecule has 4 aliphatic heterocycles. The van der Waals surface area contributed by atoms with Crippen LogP contribution in [0.15, 0.2) is 48.7 Å². The predicted octanol–water partition coefficient (Wildman–Crippen LogP) is 5.60. The third-order valence-electron chi connectivity index (χ3n) is 13.9. The number of anilines is 3. The highest BCUT2D eigenvalue weighted by Gasteiger charge is 2.34. The molecule has 1 aliphatic carbocycles. The lowest BCUT2D eigenvalue weighted by Crippen LogP contribution is -2.57. The lowest BCUT2D eigenvalue weighted by molar-refractivity contribution is -0.134. The van der Waals surface area contributed by atoms with Gasteiger partial charge in [-0.15, -0.1) is 0 Å². The molecule has 8 heterocycles. The van der Waals surface area contributed by atoms with Crippen LogP contribution in [-0.4, -0.2) is 103 Å². The van der Waals surface area contributed by atoms with Crippen LogP contribution in [0.25, 0.3) is 22.3 Å². The van der Waals surface area contributed by atoms with Crippen LogP contribution in [-0.2, 0) is 23.2 Å². The Hall–Kier alpha value is -5.83. The number of carbonyl (C=O) groups excluding carboxylic acids is 3. The first kappa shape index (κ1) is 39.3. The number of aromatic nitrogens is 6. The number of piperidine rings is 2. The van der Waals surface area contributed by atoms with Gasteiger partial charge in [0, 0.05) is 81.8 Å². The SMILES string of the molecule is Cc1cc2cc(n1)-c1cnn(C)c1OC[C@H]1CC[C@H](C1)Cn1c(nc3ccc(N4CCN(C5CCN(c6ccc([C@H]7CCC(=O)NC7=O)nc6C)CC5)[C@H](C)C4)cc31)NC2=O. The zero-order valence-electron chi connectivity index (χ0n) is 35.6. The smallest absolute Gasteiger partial charge is 0.258 e. The van der Waals surface area contributed by atoms with Crippen LogP contribution in [0.2, 0.25) is 0 Å². The van der Waals surface area contributed by atoms with Gasteiger partial charge in [-0.25, -0.2) is 9.67 Å². The molecule has 4 atom stereocenters. The molecule has 4 aromatic heterocycles. The number of hydrogen-bond acceptors (Lipinski definition) is 11. The predicted molar refractivity (Wildman–Crippen MR) is 233 cm³/mol. The Morgan fingerprint density at radius 3 is 2.46 bits per heavy atom. The van der Waals surface area contributed by atoms with Crippen molar-refractivity contribution in [1.29, 1.82) is 0 Å². The van der Waals surface area contributed by atoms with Crippen LogP contribution in [0.4, 0.5) is 17.3 Å². The summed E-state index contributed by atoms with van der Waals surface area (Å²) in [7, 11) is 1.88. The fraction of sp³-hybridized carbons (Fsp3) is 0.500. The molecule has 5 aromatic rings. The van der Waals surface area contributed by atoms with E-state index < -0.39 is 0 Å². The van der Waals surface area contributed by atoms with Crippen molar-refractivity contribution in [3.05, 3.63) is 71.3 Å². The van der Waals surface area contributed by atoms with Crippen molar-refractivity contribution in [2.75, 3.05) is 54.4 Å². The molecule has 5 aliphatic rings. The van der Waals surface area contributed by atoms with Crippen molar-refractivity contribution in [3.8, 4) is 17.1 Å². The topological polar surface area (TPSA) is 156 Å². The van der Waals surface area contributed by atoms with Gasteiger partial charge in [-0.3, -0.25) is 39.9 Å². The summed E-state index contributed by atoms with van der Waals surface area (Å²) in [4.78, 5) is 60.4. The molecule has 1 saturated carbocycles. The molecule has 0 unspecified atom stereocenters. The Bertz CT molecular complexity index is 2520. The second kappa shape index (κ2) is 15.9. The van der Waals surface area contributed by atoms with Crippen molar-refractivity contribution < 1.29 is 19.1 Å². The lowest BCUT2D eigenvalue weighted by Gasteiger charge is -2.47. The zero-order chi connectivity index (χ0) is 41.9. The molecule has 4 bridgehead atoms. The van der Waals surface area contributed by atoms with Gasteiger partial charge in [0.25, 0.3) is 5.91 Å². The van der Waals surface area contributed by atoms with Crippen LogP contribution in [0.1, 0.15) is 85.2 Å². The molecule has 10 rings (SSSR count). The third-order valence-corrected chi connectivity index (χ3v) is 13.9. The van der Waals surface area contributed by atoms with Crippen molar-refractivity contribution in [3.63, 3.8) is 0 Å². The number of benzene rings is 1. The lowest BCUT2D eigenvalue weighted by atomic mass is 9.94. The van der Waals surface area contributed by atoms with Crippen LogP contribution in [0.3, 0.4) is 0 Å². The van der Waals surface area contributed by atoms with Gasteiger partial charge in [0.15, 0.2) is 0 Å². The van der Waals surface area contributed by atoms with Gasteiger partial charge in [-0.1, -0.05) is 0 Å². The molecule has 61 heavy (non-hydrogen) atoms. The summed E-state index contributed by atoms with van der Waals surface area (Å²) in [6.45, 7) is 12.4. The number of ether oxygens (including phenoxy) is 1. The van der Waals surface area contributed by atoms with Gasteiger partial charge in [-0.05, 0) is 114 Å². The normalized spacial score (nSPS) is 24.1. The molecule has 3 saturated heterocycles. The van der Waals surface area contributed by atoms with Crippen LogP contribution in [0.5, 0.6) is 5.88 Å². The molecular weight excluding hydrogens is 771 g/mol. The number of amides is 3. The molecule has 1 aromatic carbocycles. The number of imide groups is 1. The van der Waals surface area contributed by atoms with Crippen molar-refractivity contribution in [2.24, 2.45) is 18.9 Å².